The summed E-state index contributed by atoms with van der Waals surface area (Å²) in [5, 5.41) is 14.2. The Morgan fingerprint density at radius 1 is 1.00 bits per heavy atom. The molecule has 0 atom stereocenters. The second-order valence-electron chi connectivity index (χ2n) is 3.43. The van der Waals surface area contributed by atoms with Gasteiger partial charge in [-0.2, -0.15) is 26.3 Å². The topological polar surface area (TPSA) is 96.6 Å². The van der Waals surface area contributed by atoms with Crippen molar-refractivity contribution in [1.29, 1.82) is 0 Å². The number of halogens is 6. The molecule has 0 aliphatic carbocycles. The molecule has 6 nitrogen and oxygen atoms in total. The van der Waals surface area contributed by atoms with Gasteiger partial charge in [0.15, 0.2) is 0 Å². The van der Waals surface area contributed by atoms with Gasteiger partial charge in [-0.15, -0.1) is 0 Å². The van der Waals surface area contributed by atoms with E-state index in [9.17, 15) is 31.1 Å². The van der Waals surface area contributed by atoms with Gasteiger partial charge in [0.05, 0.1) is 0 Å². The van der Waals surface area contributed by atoms with Crippen LogP contribution in [0.25, 0.3) is 0 Å². The zero-order valence-electron chi connectivity index (χ0n) is 11.4. The van der Waals surface area contributed by atoms with Crippen molar-refractivity contribution in [3.8, 4) is 0 Å². The molecule has 1 aromatic heterocycles. The van der Waals surface area contributed by atoms with Crippen LogP contribution in [0, 0.1) is 0 Å². The van der Waals surface area contributed by atoms with Gasteiger partial charge in [-0.1, -0.05) is 6.07 Å². The van der Waals surface area contributed by atoms with Gasteiger partial charge in [0, 0.05) is 18.8 Å². The van der Waals surface area contributed by atoms with Crippen molar-refractivity contribution in [2.75, 3.05) is 0 Å². The summed E-state index contributed by atoms with van der Waals surface area (Å²) in [5.74, 6) is -5.51. The zero-order valence-corrected chi connectivity index (χ0v) is 11.4. The number of rotatable bonds is 1. The molecule has 0 fully saturated rings. The van der Waals surface area contributed by atoms with E-state index < -0.39 is 24.3 Å². The molecule has 23 heavy (non-hydrogen) atoms. The SMILES string of the molecule is CCn1ccccc1=O.O=C(O)C(F)(F)F.O=C(O)C(F)(F)F. The van der Waals surface area contributed by atoms with Crippen LogP contribution in [0.2, 0.25) is 0 Å². The second kappa shape index (κ2) is 9.48. The number of carboxylic acids is 2. The molecular formula is C11H11F6NO5. The highest BCUT2D eigenvalue weighted by Gasteiger charge is 2.38. The van der Waals surface area contributed by atoms with E-state index in [1.54, 1.807) is 22.9 Å². The molecular weight excluding hydrogens is 340 g/mol. The fourth-order valence-corrected chi connectivity index (χ4v) is 0.722. The van der Waals surface area contributed by atoms with Crippen LogP contribution in [0.5, 0.6) is 0 Å². The van der Waals surface area contributed by atoms with Crippen LogP contribution in [0.4, 0.5) is 26.3 Å². The van der Waals surface area contributed by atoms with Crippen molar-refractivity contribution in [2.45, 2.75) is 25.8 Å². The molecule has 12 heteroatoms. The lowest BCUT2D eigenvalue weighted by atomic mass is 10.5. The lowest BCUT2D eigenvalue weighted by molar-refractivity contribution is -0.193. The third kappa shape index (κ3) is 11.8. The lowest BCUT2D eigenvalue weighted by Crippen LogP contribution is -2.21. The number of alkyl halides is 6. The average Bonchev–Trinajstić information content (AvgIpc) is 2.38. The maximum atomic E-state index is 10.8. The number of carbonyl (C=O) groups is 2. The number of pyridine rings is 1. The van der Waals surface area contributed by atoms with E-state index in [2.05, 4.69) is 0 Å². The van der Waals surface area contributed by atoms with Crippen molar-refractivity contribution in [3.63, 3.8) is 0 Å². The van der Waals surface area contributed by atoms with Gasteiger partial charge in [-0.05, 0) is 13.0 Å². The van der Waals surface area contributed by atoms with E-state index in [4.69, 9.17) is 19.8 Å². The Kier molecular flexibility index (Phi) is 9.38. The number of aromatic nitrogens is 1. The Hall–Kier alpha value is -2.53. The van der Waals surface area contributed by atoms with E-state index in [0.29, 0.717) is 0 Å². The van der Waals surface area contributed by atoms with Crippen LogP contribution >= 0.6 is 0 Å². The third-order valence-corrected chi connectivity index (χ3v) is 1.72. The van der Waals surface area contributed by atoms with E-state index in [0.717, 1.165) is 6.54 Å². The van der Waals surface area contributed by atoms with E-state index in [1.165, 1.54) is 0 Å². The molecule has 1 aromatic rings. The summed E-state index contributed by atoms with van der Waals surface area (Å²) in [4.78, 5) is 28.6. The smallest absolute Gasteiger partial charge is 0.475 e. The Morgan fingerprint density at radius 2 is 1.35 bits per heavy atom. The van der Waals surface area contributed by atoms with E-state index in [1.807, 2.05) is 13.0 Å². The van der Waals surface area contributed by atoms with Crippen LogP contribution in [0.15, 0.2) is 29.2 Å². The fraction of sp³-hybridized carbons (Fsp3) is 0.364. The molecule has 132 valence electrons. The van der Waals surface area contributed by atoms with Gasteiger partial charge < -0.3 is 14.8 Å². The van der Waals surface area contributed by atoms with Crippen LogP contribution in [-0.2, 0) is 16.1 Å². The van der Waals surface area contributed by atoms with Crippen molar-refractivity contribution in [2.24, 2.45) is 0 Å². The number of hydrogen-bond donors (Lipinski definition) is 2. The summed E-state index contributed by atoms with van der Waals surface area (Å²) in [6, 6.07) is 5.16. The number of nitrogens with zero attached hydrogens (tertiary/aromatic N) is 1. The number of aliphatic carboxylic acids is 2. The van der Waals surface area contributed by atoms with Gasteiger partial charge in [0.25, 0.3) is 0 Å². The summed E-state index contributed by atoms with van der Waals surface area (Å²) < 4.78 is 65.1. The molecule has 0 bridgehead atoms. The van der Waals surface area contributed by atoms with Gasteiger partial charge in [0.2, 0.25) is 5.56 Å². The Morgan fingerprint density at radius 3 is 1.52 bits per heavy atom. The number of carboxylic acid groups (broad SMARTS) is 2. The molecule has 0 unspecified atom stereocenters. The first kappa shape index (κ1) is 22.7. The van der Waals surface area contributed by atoms with Gasteiger partial charge in [-0.3, -0.25) is 4.79 Å². The summed E-state index contributed by atoms with van der Waals surface area (Å²) in [6.07, 6.45) is -8.39. The van der Waals surface area contributed by atoms with Crippen LogP contribution in [0.3, 0.4) is 0 Å². The van der Waals surface area contributed by atoms with E-state index in [-0.39, 0.29) is 5.56 Å². The highest BCUT2D eigenvalue weighted by atomic mass is 19.4. The molecule has 2 N–H and O–H groups in total. The molecule has 0 spiro atoms. The van der Waals surface area contributed by atoms with Crippen molar-refractivity contribution in [3.05, 3.63) is 34.7 Å². The maximum Gasteiger partial charge on any atom is 0.490 e. The largest absolute Gasteiger partial charge is 0.490 e. The minimum Gasteiger partial charge on any atom is -0.475 e. The molecule has 0 aliphatic rings. The van der Waals surface area contributed by atoms with Gasteiger partial charge in [-0.25, -0.2) is 9.59 Å². The quantitative estimate of drug-likeness (QED) is 0.756. The summed E-state index contributed by atoms with van der Waals surface area (Å²) >= 11 is 0. The normalized spacial score (nSPS) is 10.6. The standard InChI is InChI=1S/C7H9NO.2C2HF3O2/c1-2-8-6-4-3-5-7(8)9;2*3-2(4,5)1(6)7/h3-6H,2H2,1H3;2*(H,6,7). The maximum absolute atomic E-state index is 10.8. The first-order valence-electron chi connectivity index (χ1n) is 5.49. The molecule has 0 saturated carbocycles. The zero-order chi connectivity index (χ0) is 18.8. The predicted octanol–water partition coefficient (Wildman–Crippen LogP) is 2.13. The minimum absolute atomic E-state index is 0.0694. The molecule has 0 amide bonds. The molecule has 1 heterocycles. The summed E-state index contributed by atoms with van der Waals surface area (Å²) in [7, 11) is 0. The first-order chi connectivity index (χ1) is 10.2. The molecule has 0 saturated heterocycles. The minimum atomic E-state index is -5.08. The van der Waals surface area contributed by atoms with Crippen molar-refractivity contribution in [1.82, 2.24) is 4.57 Å². The van der Waals surface area contributed by atoms with Crippen molar-refractivity contribution >= 4 is 11.9 Å². The van der Waals surface area contributed by atoms with Gasteiger partial charge >= 0.3 is 24.3 Å². The lowest BCUT2D eigenvalue weighted by Gasteiger charge is -1.96. The second-order valence-corrected chi connectivity index (χ2v) is 3.43. The molecule has 0 aliphatic heterocycles. The van der Waals surface area contributed by atoms with E-state index >= 15 is 0 Å². The molecule has 0 radical (unpaired) electrons. The highest BCUT2D eigenvalue weighted by molar-refractivity contribution is 5.73. The predicted molar refractivity (Wildman–Crippen MR) is 63.8 cm³/mol. The Balaban J connectivity index is 0. The van der Waals surface area contributed by atoms with Crippen LogP contribution in [-0.4, -0.2) is 39.1 Å². The molecule has 0 aromatic carbocycles. The summed E-state index contributed by atoms with van der Waals surface area (Å²) in [5.41, 5.74) is 0.0694. The first-order valence-corrected chi connectivity index (χ1v) is 5.49. The average molecular weight is 351 g/mol. The Bertz CT molecular complexity index is 539. The summed E-state index contributed by atoms with van der Waals surface area (Å²) in [6.45, 7) is 2.70. The number of hydrogen-bond acceptors (Lipinski definition) is 3. The Labute approximate surface area is 124 Å². The van der Waals surface area contributed by atoms with Crippen LogP contribution in [0.1, 0.15) is 6.92 Å². The van der Waals surface area contributed by atoms with Gasteiger partial charge in [0.1, 0.15) is 0 Å². The number of aryl methyl sites for hydroxylation is 1. The van der Waals surface area contributed by atoms with Crippen LogP contribution < -0.4 is 5.56 Å². The highest BCUT2D eigenvalue weighted by Crippen LogP contribution is 2.13. The molecule has 1 rings (SSSR count). The third-order valence-electron chi connectivity index (χ3n) is 1.72. The monoisotopic (exact) mass is 351 g/mol. The van der Waals surface area contributed by atoms with Crippen molar-refractivity contribution < 1.29 is 46.1 Å². The fourth-order valence-electron chi connectivity index (χ4n) is 0.722.